The molecule has 2 atom stereocenters. The predicted octanol–water partition coefficient (Wildman–Crippen LogP) is 3.03. The highest BCUT2D eigenvalue weighted by atomic mass is 19.3. The molecule has 76 valence electrons. The Morgan fingerprint density at radius 1 is 1.14 bits per heavy atom. The Balaban J connectivity index is 2.12. The summed E-state index contributed by atoms with van der Waals surface area (Å²) in [5, 5.41) is 0. The average molecular weight is 197 g/mol. The van der Waals surface area contributed by atoms with Crippen LogP contribution in [0.1, 0.15) is 24.3 Å². The highest BCUT2D eigenvalue weighted by Gasteiger charge is 2.38. The van der Waals surface area contributed by atoms with Crippen LogP contribution in [0.25, 0.3) is 0 Å². The van der Waals surface area contributed by atoms with Crippen LogP contribution in [-0.2, 0) is 0 Å². The monoisotopic (exact) mass is 197 g/mol. The Kier molecular flexibility index (Phi) is 2.40. The molecule has 1 nitrogen and oxygen atoms in total. The van der Waals surface area contributed by atoms with Crippen molar-refractivity contribution in [2.24, 2.45) is 5.92 Å². The van der Waals surface area contributed by atoms with Gasteiger partial charge in [0.25, 0.3) is 0 Å². The number of nitrogen functional groups attached to an aromatic ring is 1. The van der Waals surface area contributed by atoms with Gasteiger partial charge in [-0.1, -0.05) is 12.1 Å². The molecule has 14 heavy (non-hydrogen) atoms. The van der Waals surface area contributed by atoms with E-state index in [-0.39, 0.29) is 5.92 Å². The fraction of sp³-hybridized carbons (Fsp3) is 0.455. The molecule has 3 heteroatoms. The standard InChI is InChI=1S/C11H13F2N/c12-11(13)10-6-5-9(10)7-1-3-8(14)4-2-7/h1-4,9-11H,5-6,14H2. The molecular formula is C11H13F2N. The SMILES string of the molecule is Nc1ccc(C2CCC2C(F)F)cc1. The summed E-state index contributed by atoms with van der Waals surface area (Å²) < 4.78 is 24.9. The largest absolute Gasteiger partial charge is 0.399 e. The molecule has 0 saturated heterocycles. The number of benzene rings is 1. The molecule has 0 radical (unpaired) electrons. The molecule has 1 aromatic carbocycles. The third-order valence-corrected chi connectivity index (χ3v) is 3.02. The summed E-state index contributed by atoms with van der Waals surface area (Å²) in [6, 6.07) is 7.26. The Labute approximate surface area is 81.9 Å². The molecule has 0 heterocycles. The lowest BCUT2D eigenvalue weighted by atomic mass is 9.70. The van der Waals surface area contributed by atoms with Gasteiger partial charge in [-0.05, 0) is 36.5 Å². The zero-order valence-corrected chi connectivity index (χ0v) is 7.79. The van der Waals surface area contributed by atoms with Crippen LogP contribution in [-0.4, -0.2) is 6.43 Å². The fourth-order valence-corrected chi connectivity index (χ4v) is 1.98. The second kappa shape index (κ2) is 3.56. The van der Waals surface area contributed by atoms with Crippen molar-refractivity contribution < 1.29 is 8.78 Å². The molecule has 1 aliphatic carbocycles. The summed E-state index contributed by atoms with van der Waals surface area (Å²) in [6.45, 7) is 0. The van der Waals surface area contributed by atoms with Gasteiger partial charge in [-0.2, -0.15) is 0 Å². The first-order chi connectivity index (χ1) is 6.68. The molecule has 0 aliphatic heterocycles. The minimum atomic E-state index is -2.19. The number of halogens is 2. The second-order valence-corrected chi connectivity index (χ2v) is 3.85. The van der Waals surface area contributed by atoms with E-state index in [0.29, 0.717) is 12.1 Å². The number of anilines is 1. The van der Waals surface area contributed by atoms with Crippen LogP contribution in [0.15, 0.2) is 24.3 Å². The van der Waals surface area contributed by atoms with Crippen LogP contribution < -0.4 is 5.73 Å². The van der Waals surface area contributed by atoms with Crippen molar-refractivity contribution in [3.05, 3.63) is 29.8 Å². The number of nitrogens with two attached hydrogens (primary N) is 1. The maximum atomic E-state index is 12.5. The molecule has 0 aromatic heterocycles. The quantitative estimate of drug-likeness (QED) is 0.724. The van der Waals surface area contributed by atoms with Crippen LogP contribution in [0, 0.1) is 5.92 Å². The lowest BCUT2D eigenvalue weighted by Crippen LogP contribution is -2.29. The summed E-state index contributed by atoms with van der Waals surface area (Å²) in [6.07, 6.45) is -0.669. The zero-order valence-electron chi connectivity index (χ0n) is 7.79. The van der Waals surface area contributed by atoms with E-state index in [0.717, 1.165) is 12.0 Å². The lowest BCUT2D eigenvalue weighted by Gasteiger charge is -2.36. The first-order valence-electron chi connectivity index (χ1n) is 4.82. The van der Waals surface area contributed by atoms with E-state index in [4.69, 9.17) is 5.73 Å². The molecule has 0 amide bonds. The van der Waals surface area contributed by atoms with Gasteiger partial charge < -0.3 is 5.73 Å². The van der Waals surface area contributed by atoms with E-state index in [1.165, 1.54) is 0 Å². The summed E-state index contributed by atoms with van der Waals surface area (Å²) in [7, 11) is 0. The van der Waals surface area contributed by atoms with Gasteiger partial charge in [-0.3, -0.25) is 0 Å². The Bertz CT molecular complexity index is 308. The van der Waals surface area contributed by atoms with Crippen molar-refractivity contribution in [2.45, 2.75) is 25.2 Å². The van der Waals surface area contributed by atoms with E-state index >= 15 is 0 Å². The molecule has 0 bridgehead atoms. The van der Waals surface area contributed by atoms with Crippen LogP contribution in [0.4, 0.5) is 14.5 Å². The van der Waals surface area contributed by atoms with Gasteiger partial charge in [0.15, 0.2) is 0 Å². The molecule has 2 N–H and O–H groups in total. The number of alkyl halides is 2. The van der Waals surface area contributed by atoms with Gasteiger partial charge >= 0.3 is 0 Å². The van der Waals surface area contributed by atoms with E-state index in [1.807, 2.05) is 12.1 Å². The Hall–Kier alpha value is -1.12. The second-order valence-electron chi connectivity index (χ2n) is 3.85. The van der Waals surface area contributed by atoms with E-state index in [2.05, 4.69) is 0 Å². The predicted molar refractivity (Wildman–Crippen MR) is 52.3 cm³/mol. The maximum absolute atomic E-state index is 12.5. The number of hydrogen-bond donors (Lipinski definition) is 1. The van der Waals surface area contributed by atoms with Gasteiger partial charge in [0.05, 0.1) is 0 Å². The van der Waals surface area contributed by atoms with Crippen molar-refractivity contribution in [1.82, 2.24) is 0 Å². The van der Waals surface area contributed by atoms with Gasteiger partial charge in [0.2, 0.25) is 6.43 Å². The molecule has 1 fully saturated rings. The normalized spacial score (nSPS) is 26.2. The van der Waals surface area contributed by atoms with Crippen LogP contribution in [0.3, 0.4) is 0 Å². The van der Waals surface area contributed by atoms with Gasteiger partial charge in [-0.25, -0.2) is 8.78 Å². The third kappa shape index (κ3) is 1.59. The Morgan fingerprint density at radius 2 is 1.79 bits per heavy atom. The summed E-state index contributed by atoms with van der Waals surface area (Å²) in [5.41, 5.74) is 7.21. The van der Waals surface area contributed by atoms with Gasteiger partial charge in [-0.15, -0.1) is 0 Å². The Morgan fingerprint density at radius 3 is 2.21 bits per heavy atom. The van der Waals surface area contributed by atoms with Crippen molar-refractivity contribution in [1.29, 1.82) is 0 Å². The van der Waals surface area contributed by atoms with Crippen molar-refractivity contribution in [3.63, 3.8) is 0 Å². The van der Waals surface area contributed by atoms with Crippen LogP contribution in [0.2, 0.25) is 0 Å². The number of hydrogen-bond acceptors (Lipinski definition) is 1. The topological polar surface area (TPSA) is 26.0 Å². The minimum Gasteiger partial charge on any atom is -0.399 e. The highest BCUT2D eigenvalue weighted by molar-refractivity contribution is 5.40. The lowest BCUT2D eigenvalue weighted by molar-refractivity contribution is 0.0168. The van der Waals surface area contributed by atoms with Crippen LogP contribution >= 0.6 is 0 Å². The first-order valence-corrected chi connectivity index (χ1v) is 4.82. The van der Waals surface area contributed by atoms with Crippen molar-refractivity contribution >= 4 is 5.69 Å². The number of rotatable bonds is 2. The molecule has 2 unspecified atom stereocenters. The fourth-order valence-electron chi connectivity index (χ4n) is 1.98. The van der Waals surface area contributed by atoms with Crippen LogP contribution in [0.5, 0.6) is 0 Å². The highest BCUT2D eigenvalue weighted by Crippen LogP contribution is 2.45. The maximum Gasteiger partial charge on any atom is 0.242 e. The first kappa shape index (κ1) is 9.44. The minimum absolute atomic E-state index is 0.0376. The van der Waals surface area contributed by atoms with Gasteiger partial charge in [0, 0.05) is 11.6 Å². The van der Waals surface area contributed by atoms with Crippen molar-refractivity contribution in [3.8, 4) is 0 Å². The van der Waals surface area contributed by atoms with E-state index < -0.39 is 12.3 Å². The molecule has 0 spiro atoms. The summed E-state index contributed by atoms with van der Waals surface area (Å²) in [4.78, 5) is 0. The van der Waals surface area contributed by atoms with E-state index in [9.17, 15) is 8.78 Å². The summed E-state index contributed by atoms with van der Waals surface area (Å²) >= 11 is 0. The zero-order chi connectivity index (χ0) is 10.1. The molecular weight excluding hydrogens is 184 g/mol. The van der Waals surface area contributed by atoms with Gasteiger partial charge in [0.1, 0.15) is 0 Å². The molecule has 2 rings (SSSR count). The van der Waals surface area contributed by atoms with Crippen molar-refractivity contribution in [2.75, 3.05) is 5.73 Å². The summed E-state index contributed by atoms with van der Waals surface area (Å²) in [5.74, 6) is -0.408. The average Bonchev–Trinajstić information content (AvgIpc) is 2.05. The van der Waals surface area contributed by atoms with E-state index in [1.54, 1.807) is 12.1 Å². The molecule has 1 saturated carbocycles. The smallest absolute Gasteiger partial charge is 0.242 e. The molecule has 1 aliphatic rings. The third-order valence-electron chi connectivity index (χ3n) is 3.02. The molecule has 1 aromatic rings.